The standard InChI is InChI=1S/C21H16F2N4OS/c1-12-3-5-14(6-4-12)18-11-29-21(25-18)27-13(2)24-10-19(27)26-20(28)16-8-7-15(22)9-17(16)23/h3-11H,1-2H3,(H,26,28). The molecular formula is C21H16F2N4OS. The van der Waals surface area contributed by atoms with E-state index < -0.39 is 17.5 Å². The van der Waals surface area contributed by atoms with Gasteiger partial charge in [-0.25, -0.2) is 18.7 Å². The van der Waals surface area contributed by atoms with Crippen LogP contribution in [0.15, 0.2) is 54.0 Å². The summed E-state index contributed by atoms with van der Waals surface area (Å²) in [6.45, 7) is 3.80. The first-order chi connectivity index (χ1) is 13.9. The van der Waals surface area contributed by atoms with Crippen LogP contribution in [0.2, 0.25) is 0 Å². The maximum atomic E-state index is 13.9. The normalized spacial score (nSPS) is 10.9. The Morgan fingerprint density at radius 3 is 2.59 bits per heavy atom. The summed E-state index contributed by atoms with van der Waals surface area (Å²) in [6.07, 6.45) is 1.47. The lowest BCUT2D eigenvalue weighted by molar-refractivity contribution is 0.102. The number of amides is 1. The van der Waals surface area contributed by atoms with Crippen LogP contribution in [0.4, 0.5) is 14.6 Å². The lowest BCUT2D eigenvalue weighted by atomic mass is 10.1. The SMILES string of the molecule is Cc1ccc(-c2csc(-n3c(NC(=O)c4ccc(F)cc4F)cnc3C)n2)cc1. The van der Waals surface area contributed by atoms with Gasteiger partial charge in [0.05, 0.1) is 17.5 Å². The number of carbonyl (C=O) groups is 1. The Bertz CT molecular complexity index is 1200. The first-order valence-corrected chi connectivity index (χ1v) is 9.64. The Hall–Kier alpha value is -3.39. The molecule has 5 nitrogen and oxygen atoms in total. The molecule has 0 aliphatic carbocycles. The fourth-order valence-electron chi connectivity index (χ4n) is 2.86. The van der Waals surface area contributed by atoms with Gasteiger partial charge in [0.15, 0.2) is 5.13 Å². The number of imidazole rings is 1. The molecule has 2 heterocycles. The highest BCUT2D eigenvalue weighted by Crippen LogP contribution is 2.28. The van der Waals surface area contributed by atoms with E-state index in [1.165, 1.54) is 17.5 Å². The van der Waals surface area contributed by atoms with Crippen molar-refractivity contribution in [2.45, 2.75) is 13.8 Å². The molecule has 0 atom stereocenters. The highest BCUT2D eigenvalue weighted by molar-refractivity contribution is 7.12. The van der Waals surface area contributed by atoms with E-state index in [2.05, 4.69) is 15.3 Å². The van der Waals surface area contributed by atoms with Crippen LogP contribution in [0.3, 0.4) is 0 Å². The van der Waals surface area contributed by atoms with E-state index in [-0.39, 0.29) is 5.56 Å². The molecule has 146 valence electrons. The number of nitrogens with one attached hydrogen (secondary N) is 1. The smallest absolute Gasteiger partial charge is 0.259 e. The molecule has 0 spiro atoms. The van der Waals surface area contributed by atoms with Crippen LogP contribution in [0, 0.1) is 25.5 Å². The Kier molecular flexibility index (Phi) is 4.94. The van der Waals surface area contributed by atoms with Crippen LogP contribution in [0.1, 0.15) is 21.7 Å². The van der Waals surface area contributed by atoms with Gasteiger partial charge in [-0.05, 0) is 26.0 Å². The molecule has 4 rings (SSSR count). The van der Waals surface area contributed by atoms with Gasteiger partial charge in [0.25, 0.3) is 5.91 Å². The number of hydrogen-bond acceptors (Lipinski definition) is 4. The zero-order valence-corrected chi connectivity index (χ0v) is 16.4. The highest BCUT2D eigenvalue weighted by Gasteiger charge is 2.18. The van der Waals surface area contributed by atoms with Crippen molar-refractivity contribution >= 4 is 23.1 Å². The molecule has 1 amide bonds. The fourth-order valence-corrected chi connectivity index (χ4v) is 3.75. The van der Waals surface area contributed by atoms with Crippen molar-refractivity contribution < 1.29 is 13.6 Å². The summed E-state index contributed by atoms with van der Waals surface area (Å²) in [7, 11) is 0. The monoisotopic (exact) mass is 410 g/mol. The van der Waals surface area contributed by atoms with Gasteiger partial charge in [0, 0.05) is 17.0 Å². The van der Waals surface area contributed by atoms with Crippen molar-refractivity contribution in [3.05, 3.63) is 82.6 Å². The summed E-state index contributed by atoms with van der Waals surface area (Å²) in [4.78, 5) is 21.3. The van der Waals surface area contributed by atoms with Gasteiger partial charge < -0.3 is 5.32 Å². The molecule has 0 bridgehead atoms. The maximum absolute atomic E-state index is 13.9. The van der Waals surface area contributed by atoms with Crippen molar-refractivity contribution in [3.63, 3.8) is 0 Å². The molecule has 0 saturated heterocycles. The lowest BCUT2D eigenvalue weighted by Crippen LogP contribution is -2.16. The summed E-state index contributed by atoms with van der Waals surface area (Å²) in [5.41, 5.74) is 2.69. The van der Waals surface area contributed by atoms with Gasteiger partial charge in [-0.2, -0.15) is 0 Å². The summed E-state index contributed by atoms with van der Waals surface area (Å²) >= 11 is 1.40. The van der Waals surface area contributed by atoms with Gasteiger partial charge in [-0.1, -0.05) is 29.8 Å². The molecule has 0 fully saturated rings. The molecule has 4 aromatic rings. The zero-order chi connectivity index (χ0) is 20.5. The number of aromatic nitrogens is 3. The number of aryl methyl sites for hydroxylation is 2. The number of hydrogen-bond donors (Lipinski definition) is 1. The molecule has 0 unspecified atom stereocenters. The minimum Gasteiger partial charge on any atom is -0.306 e. The van der Waals surface area contributed by atoms with E-state index in [0.717, 1.165) is 29.0 Å². The van der Waals surface area contributed by atoms with Crippen molar-refractivity contribution in [2.24, 2.45) is 0 Å². The fraction of sp³-hybridized carbons (Fsp3) is 0.0952. The second-order valence-electron chi connectivity index (χ2n) is 6.49. The number of rotatable bonds is 4. The first-order valence-electron chi connectivity index (χ1n) is 8.76. The van der Waals surface area contributed by atoms with Crippen molar-refractivity contribution in [1.29, 1.82) is 0 Å². The molecule has 1 N–H and O–H groups in total. The topological polar surface area (TPSA) is 59.8 Å². The van der Waals surface area contributed by atoms with E-state index in [4.69, 9.17) is 0 Å². The summed E-state index contributed by atoms with van der Waals surface area (Å²) in [6, 6.07) is 10.8. The number of nitrogens with zero attached hydrogens (tertiary/aromatic N) is 3. The third-order valence-corrected chi connectivity index (χ3v) is 5.21. The van der Waals surface area contributed by atoms with Crippen LogP contribution >= 0.6 is 11.3 Å². The van der Waals surface area contributed by atoms with Gasteiger partial charge in [-0.3, -0.25) is 9.36 Å². The second-order valence-corrected chi connectivity index (χ2v) is 7.32. The Labute approximate surface area is 169 Å². The molecule has 2 aromatic heterocycles. The maximum Gasteiger partial charge on any atom is 0.259 e. The van der Waals surface area contributed by atoms with Crippen LogP contribution in [-0.2, 0) is 0 Å². The Morgan fingerprint density at radius 1 is 1.10 bits per heavy atom. The predicted octanol–water partition coefficient (Wildman–Crippen LogP) is 5.14. The zero-order valence-electron chi connectivity index (χ0n) is 15.6. The predicted molar refractivity (Wildman–Crippen MR) is 108 cm³/mol. The highest BCUT2D eigenvalue weighted by atomic mass is 32.1. The third-order valence-electron chi connectivity index (χ3n) is 4.39. The van der Waals surface area contributed by atoms with Crippen LogP contribution in [0.5, 0.6) is 0 Å². The van der Waals surface area contributed by atoms with E-state index in [1.807, 2.05) is 36.6 Å². The molecule has 0 radical (unpaired) electrons. The van der Waals surface area contributed by atoms with Crippen molar-refractivity contribution in [2.75, 3.05) is 5.32 Å². The number of carbonyl (C=O) groups excluding carboxylic acids is 1. The minimum atomic E-state index is -0.929. The molecule has 0 saturated carbocycles. The van der Waals surface area contributed by atoms with Gasteiger partial charge in [-0.15, -0.1) is 11.3 Å². The van der Waals surface area contributed by atoms with E-state index in [9.17, 15) is 13.6 Å². The molecule has 0 aliphatic rings. The van der Waals surface area contributed by atoms with Crippen molar-refractivity contribution in [1.82, 2.24) is 14.5 Å². The molecule has 2 aromatic carbocycles. The summed E-state index contributed by atoms with van der Waals surface area (Å²) < 4.78 is 28.7. The Morgan fingerprint density at radius 2 is 1.86 bits per heavy atom. The average molecular weight is 410 g/mol. The molecule has 8 heteroatoms. The Balaban J connectivity index is 1.64. The quantitative estimate of drug-likeness (QED) is 0.507. The number of thiazole rings is 1. The first kappa shape index (κ1) is 18.9. The minimum absolute atomic E-state index is 0.253. The van der Waals surface area contributed by atoms with E-state index >= 15 is 0 Å². The average Bonchev–Trinajstić information content (AvgIpc) is 3.29. The van der Waals surface area contributed by atoms with Crippen LogP contribution in [-0.4, -0.2) is 20.4 Å². The van der Waals surface area contributed by atoms with Crippen LogP contribution in [0.25, 0.3) is 16.4 Å². The summed E-state index contributed by atoms with van der Waals surface area (Å²) in [5, 5.41) is 5.17. The summed E-state index contributed by atoms with van der Waals surface area (Å²) in [5.74, 6) is -1.41. The lowest BCUT2D eigenvalue weighted by Gasteiger charge is -2.09. The van der Waals surface area contributed by atoms with Gasteiger partial charge >= 0.3 is 0 Å². The number of halogens is 2. The molecule has 0 aliphatic heterocycles. The van der Waals surface area contributed by atoms with Gasteiger partial charge in [0.1, 0.15) is 23.3 Å². The third kappa shape index (κ3) is 3.79. The number of benzene rings is 2. The van der Waals surface area contributed by atoms with Crippen molar-refractivity contribution in [3.8, 4) is 16.4 Å². The van der Waals surface area contributed by atoms with E-state index in [1.54, 1.807) is 11.5 Å². The second kappa shape index (κ2) is 7.56. The largest absolute Gasteiger partial charge is 0.306 e. The van der Waals surface area contributed by atoms with Gasteiger partial charge in [0.2, 0.25) is 0 Å². The number of anilines is 1. The van der Waals surface area contributed by atoms with Crippen LogP contribution < -0.4 is 5.32 Å². The molecular weight excluding hydrogens is 394 g/mol. The molecule has 29 heavy (non-hydrogen) atoms. The van der Waals surface area contributed by atoms with E-state index in [0.29, 0.717) is 22.8 Å².